The van der Waals surface area contributed by atoms with E-state index in [1.807, 2.05) is 60.7 Å². The molecule has 1 aromatic heterocycles. The minimum atomic E-state index is -0.524. The number of alkyl carbamates (subject to hydrolysis) is 1. The maximum absolute atomic E-state index is 12.1. The predicted octanol–water partition coefficient (Wildman–Crippen LogP) is 2.41. The van der Waals surface area contributed by atoms with Crippen LogP contribution in [-0.2, 0) is 17.8 Å². The summed E-state index contributed by atoms with van der Waals surface area (Å²) in [5, 5.41) is 16.7. The average molecular weight is 323 g/mol. The van der Waals surface area contributed by atoms with Crippen molar-refractivity contribution in [1.29, 1.82) is 0 Å². The molecular formula is C17H17N5O2. The normalized spacial score (nSPS) is 11.7. The molecule has 0 aliphatic carbocycles. The fourth-order valence-corrected chi connectivity index (χ4v) is 2.28. The number of aromatic nitrogens is 4. The van der Waals surface area contributed by atoms with Gasteiger partial charge in [-0.1, -0.05) is 65.9 Å². The zero-order chi connectivity index (χ0) is 16.6. The smallest absolute Gasteiger partial charge is 0.408 e. The summed E-state index contributed by atoms with van der Waals surface area (Å²) in [7, 11) is 0. The summed E-state index contributed by atoms with van der Waals surface area (Å²) < 4.78 is 5.26. The van der Waals surface area contributed by atoms with Gasteiger partial charge in [0.1, 0.15) is 12.6 Å². The average Bonchev–Trinajstić information content (AvgIpc) is 3.16. The first kappa shape index (κ1) is 15.7. The Bertz CT molecular complexity index is 747. The molecule has 1 atom stereocenters. The molecule has 2 aromatic carbocycles. The largest absolute Gasteiger partial charge is 0.445 e. The Morgan fingerprint density at radius 3 is 2.33 bits per heavy atom. The van der Waals surface area contributed by atoms with Crippen LogP contribution in [0.4, 0.5) is 4.79 Å². The SMILES string of the molecule is O=C(NC(Cc1ccccc1)c1nn[nH]n1)OCc1ccccc1. The van der Waals surface area contributed by atoms with Gasteiger partial charge in [0.2, 0.25) is 0 Å². The Morgan fingerprint density at radius 1 is 1.04 bits per heavy atom. The van der Waals surface area contributed by atoms with Gasteiger partial charge in [-0.25, -0.2) is 4.79 Å². The van der Waals surface area contributed by atoms with Crippen LogP contribution in [0.15, 0.2) is 60.7 Å². The molecule has 1 unspecified atom stereocenters. The highest BCUT2D eigenvalue weighted by Gasteiger charge is 2.20. The van der Waals surface area contributed by atoms with Gasteiger partial charge in [0.15, 0.2) is 5.82 Å². The van der Waals surface area contributed by atoms with E-state index >= 15 is 0 Å². The third-order valence-corrected chi connectivity index (χ3v) is 3.46. The summed E-state index contributed by atoms with van der Waals surface area (Å²) in [4.78, 5) is 12.1. The fourth-order valence-electron chi connectivity index (χ4n) is 2.28. The summed E-state index contributed by atoms with van der Waals surface area (Å²) in [6.07, 6.45) is 0.0189. The van der Waals surface area contributed by atoms with Gasteiger partial charge in [0.05, 0.1) is 0 Å². The Balaban J connectivity index is 1.62. The van der Waals surface area contributed by atoms with Gasteiger partial charge < -0.3 is 10.1 Å². The number of benzene rings is 2. The highest BCUT2D eigenvalue weighted by molar-refractivity contribution is 5.67. The van der Waals surface area contributed by atoms with Crippen molar-refractivity contribution in [3.63, 3.8) is 0 Å². The lowest BCUT2D eigenvalue weighted by Gasteiger charge is -2.15. The molecule has 7 heteroatoms. The van der Waals surface area contributed by atoms with Crippen LogP contribution in [-0.4, -0.2) is 26.7 Å². The van der Waals surface area contributed by atoms with E-state index in [4.69, 9.17) is 4.74 Å². The number of amides is 1. The Labute approximate surface area is 139 Å². The Hall–Kier alpha value is -3.22. The van der Waals surface area contributed by atoms with E-state index in [1.165, 1.54) is 0 Å². The zero-order valence-electron chi connectivity index (χ0n) is 12.9. The van der Waals surface area contributed by atoms with E-state index in [0.717, 1.165) is 11.1 Å². The molecule has 0 spiro atoms. The van der Waals surface area contributed by atoms with Crippen LogP contribution in [0.2, 0.25) is 0 Å². The Morgan fingerprint density at radius 2 is 1.71 bits per heavy atom. The van der Waals surface area contributed by atoms with Gasteiger partial charge in [0, 0.05) is 6.42 Å². The number of hydrogen-bond donors (Lipinski definition) is 2. The minimum Gasteiger partial charge on any atom is -0.445 e. The number of ether oxygens (including phenoxy) is 1. The quantitative estimate of drug-likeness (QED) is 0.726. The van der Waals surface area contributed by atoms with Crippen molar-refractivity contribution in [1.82, 2.24) is 25.9 Å². The third kappa shape index (κ3) is 4.39. The van der Waals surface area contributed by atoms with Crippen molar-refractivity contribution in [3.05, 3.63) is 77.6 Å². The topological polar surface area (TPSA) is 92.8 Å². The van der Waals surface area contributed by atoms with Gasteiger partial charge in [-0.05, 0) is 11.1 Å². The molecule has 7 nitrogen and oxygen atoms in total. The lowest BCUT2D eigenvalue weighted by atomic mass is 10.1. The van der Waals surface area contributed by atoms with Crippen molar-refractivity contribution in [2.75, 3.05) is 0 Å². The maximum atomic E-state index is 12.1. The molecule has 0 bridgehead atoms. The van der Waals surface area contributed by atoms with Gasteiger partial charge in [-0.3, -0.25) is 0 Å². The van der Waals surface area contributed by atoms with Gasteiger partial charge >= 0.3 is 6.09 Å². The summed E-state index contributed by atoms with van der Waals surface area (Å²) >= 11 is 0. The molecule has 1 amide bonds. The van der Waals surface area contributed by atoms with Crippen LogP contribution in [0, 0.1) is 0 Å². The lowest BCUT2D eigenvalue weighted by molar-refractivity contribution is 0.135. The number of tetrazole rings is 1. The molecule has 0 radical (unpaired) electrons. The molecule has 2 N–H and O–H groups in total. The third-order valence-electron chi connectivity index (χ3n) is 3.46. The lowest BCUT2D eigenvalue weighted by Crippen LogP contribution is -2.31. The van der Waals surface area contributed by atoms with Crippen LogP contribution in [0.3, 0.4) is 0 Å². The molecule has 0 aliphatic heterocycles. The maximum Gasteiger partial charge on any atom is 0.408 e. The van der Waals surface area contributed by atoms with Crippen LogP contribution in [0.1, 0.15) is 23.0 Å². The summed E-state index contributed by atoms with van der Waals surface area (Å²) in [6, 6.07) is 18.9. The second-order valence-corrected chi connectivity index (χ2v) is 5.22. The summed E-state index contributed by atoms with van der Waals surface area (Å²) in [6.45, 7) is 0.205. The number of H-pyrrole nitrogens is 1. The van der Waals surface area contributed by atoms with Crippen molar-refractivity contribution in [2.45, 2.75) is 19.1 Å². The second kappa shape index (κ2) is 7.87. The fraction of sp³-hybridized carbons (Fsp3) is 0.176. The van der Waals surface area contributed by atoms with Crippen LogP contribution < -0.4 is 5.32 Å². The zero-order valence-corrected chi connectivity index (χ0v) is 12.9. The predicted molar refractivity (Wildman–Crippen MR) is 86.8 cm³/mol. The number of nitrogens with zero attached hydrogens (tertiary/aromatic N) is 3. The number of rotatable bonds is 6. The van der Waals surface area contributed by atoms with E-state index in [0.29, 0.717) is 12.2 Å². The van der Waals surface area contributed by atoms with Gasteiger partial charge in [-0.15, -0.1) is 10.2 Å². The van der Waals surface area contributed by atoms with E-state index < -0.39 is 12.1 Å². The van der Waals surface area contributed by atoms with Crippen molar-refractivity contribution >= 4 is 6.09 Å². The van der Waals surface area contributed by atoms with E-state index in [1.54, 1.807) is 0 Å². The van der Waals surface area contributed by atoms with Crippen LogP contribution in [0.25, 0.3) is 0 Å². The number of carbonyl (C=O) groups is 1. The number of nitrogens with one attached hydrogen (secondary N) is 2. The molecule has 0 saturated heterocycles. The first-order valence-corrected chi connectivity index (χ1v) is 7.56. The molecule has 0 aliphatic rings. The Kier molecular flexibility index (Phi) is 5.14. The molecule has 3 rings (SSSR count). The van der Waals surface area contributed by atoms with Gasteiger partial charge in [0.25, 0.3) is 0 Å². The molecular weight excluding hydrogens is 306 g/mol. The summed E-state index contributed by atoms with van der Waals surface area (Å²) in [5.74, 6) is 0.413. The van der Waals surface area contributed by atoms with E-state index in [-0.39, 0.29) is 6.61 Å². The second-order valence-electron chi connectivity index (χ2n) is 5.22. The van der Waals surface area contributed by atoms with E-state index in [2.05, 4.69) is 25.9 Å². The molecule has 1 heterocycles. The van der Waals surface area contributed by atoms with Gasteiger partial charge in [-0.2, -0.15) is 5.21 Å². The minimum absolute atomic E-state index is 0.205. The van der Waals surface area contributed by atoms with Crippen molar-refractivity contribution in [3.8, 4) is 0 Å². The highest BCUT2D eigenvalue weighted by atomic mass is 16.5. The first-order valence-electron chi connectivity index (χ1n) is 7.56. The molecule has 122 valence electrons. The van der Waals surface area contributed by atoms with Crippen LogP contribution in [0.5, 0.6) is 0 Å². The number of hydrogen-bond acceptors (Lipinski definition) is 5. The van der Waals surface area contributed by atoms with Crippen LogP contribution >= 0.6 is 0 Å². The summed E-state index contributed by atoms with van der Waals surface area (Å²) in [5.41, 5.74) is 1.97. The molecule has 24 heavy (non-hydrogen) atoms. The number of aromatic amines is 1. The first-order chi connectivity index (χ1) is 11.8. The molecule has 0 fully saturated rings. The molecule has 0 saturated carbocycles. The standard InChI is InChI=1S/C17H17N5O2/c23-17(24-12-14-9-5-2-6-10-14)18-15(16-19-21-22-20-16)11-13-7-3-1-4-8-13/h1-10,15H,11-12H2,(H,18,23)(H,19,20,21,22). The monoisotopic (exact) mass is 323 g/mol. The molecule has 3 aromatic rings. The van der Waals surface area contributed by atoms with Crippen molar-refractivity contribution < 1.29 is 9.53 Å². The highest BCUT2D eigenvalue weighted by Crippen LogP contribution is 2.14. The van der Waals surface area contributed by atoms with E-state index in [9.17, 15) is 4.79 Å². The number of carbonyl (C=O) groups excluding carboxylic acids is 1. The van der Waals surface area contributed by atoms with Crippen molar-refractivity contribution in [2.24, 2.45) is 0 Å².